The van der Waals surface area contributed by atoms with Crippen molar-refractivity contribution in [1.82, 2.24) is 5.32 Å². The first-order valence-corrected chi connectivity index (χ1v) is 7.64. The number of amides is 1. The van der Waals surface area contributed by atoms with Crippen molar-refractivity contribution in [2.24, 2.45) is 0 Å². The van der Waals surface area contributed by atoms with Gasteiger partial charge in [0.15, 0.2) is 0 Å². The maximum Gasteiger partial charge on any atom is 0.407 e. The molecule has 1 atom stereocenters. The van der Waals surface area contributed by atoms with Gasteiger partial charge < -0.3 is 20.1 Å². The number of halogens is 2. The Morgan fingerprint density at radius 2 is 1.87 bits per heavy atom. The molecule has 0 fully saturated rings. The number of rotatable bonds is 5. The summed E-state index contributed by atoms with van der Waals surface area (Å²) in [6, 6.07) is 4.04. The summed E-state index contributed by atoms with van der Waals surface area (Å²) >= 11 is 11.8. The third-order valence-corrected chi connectivity index (χ3v) is 3.33. The lowest BCUT2D eigenvalue weighted by molar-refractivity contribution is -0.141. The van der Waals surface area contributed by atoms with Gasteiger partial charge in [0.05, 0.1) is 23.7 Å². The van der Waals surface area contributed by atoms with Gasteiger partial charge in [-0.3, -0.25) is 0 Å². The standard InChI is InChI=1S/C15H20Cl2N2O4/c1-15(2,3)23-14(21)18-8-12(13(20)22-4)19-9-5-6-10(16)11(17)7-9/h5-7,12,19H,8H2,1-4H3,(H,18,21)/t12-/m0/s1. The van der Waals surface area contributed by atoms with Crippen LogP contribution in [0.5, 0.6) is 0 Å². The number of benzene rings is 1. The summed E-state index contributed by atoms with van der Waals surface area (Å²) in [6.45, 7) is 5.23. The van der Waals surface area contributed by atoms with Gasteiger partial charge in [0.2, 0.25) is 0 Å². The van der Waals surface area contributed by atoms with Crippen LogP contribution in [0, 0.1) is 0 Å². The number of methoxy groups -OCH3 is 1. The van der Waals surface area contributed by atoms with E-state index in [1.165, 1.54) is 7.11 Å². The van der Waals surface area contributed by atoms with Crippen LogP contribution in [0.25, 0.3) is 0 Å². The third-order valence-electron chi connectivity index (χ3n) is 2.60. The molecule has 0 aliphatic carbocycles. The van der Waals surface area contributed by atoms with E-state index in [2.05, 4.69) is 10.6 Å². The Kier molecular flexibility index (Phi) is 6.97. The third kappa shape index (κ3) is 6.97. The molecular formula is C15H20Cl2N2O4. The highest BCUT2D eigenvalue weighted by Gasteiger charge is 2.22. The molecule has 0 saturated heterocycles. The summed E-state index contributed by atoms with van der Waals surface area (Å²) in [6.07, 6.45) is -0.623. The number of ether oxygens (including phenoxy) is 2. The molecule has 0 bridgehead atoms. The number of alkyl carbamates (subject to hydrolysis) is 1. The van der Waals surface area contributed by atoms with E-state index in [1.54, 1.807) is 39.0 Å². The Morgan fingerprint density at radius 1 is 1.22 bits per heavy atom. The number of hydrogen-bond donors (Lipinski definition) is 2. The number of carbonyl (C=O) groups excluding carboxylic acids is 2. The van der Waals surface area contributed by atoms with Crippen LogP contribution in [0.4, 0.5) is 10.5 Å². The van der Waals surface area contributed by atoms with Crippen LogP contribution >= 0.6 is 23.2 Å². The van der Waals surface area contributed by atoms with Crippen molar-refractivity contribution in [3.63, 3.8) is 0 Å². The Bertz CT molecular complexity index is 573. The maximum atomic E-state index is 11.8. The Morgan fingerprint density at radius 3 is 2.39 bits per heavy atom. The van der Waals surface area contributed by atoms with Crippen molar-refractivity contribution in [2.45, 2.75) is 32.4 Å². The lowest BCUT2D eigenvalue weighted by Gasteiger charge is -2.22. The number of carbonyl (C=O) groups is 2. The zero-order valence-corrected chi connectivity index (χ0v) is 14.9. The molecule has 1 amide bonds. The lowest BCUT2D eigenvalue weighted by atomic mass is 10.2. The minimum absolute atomic E-state index is 0.0121. The molecule has 128 valence electrons. The molecule has 1 aromatic carbocycles. The second kappa shape index (κ2) is 8.26. The van der Waals surface area contributed by atoms with E-state index in [0.29, 0.717) is 15.7 Å². The first-order valence-electron chi connectivity index (χ1n) is 6.88. The zero-order chi connectivity index (χ0) is 17.6. The van der Waals surface area contributed by atoms with E-state index < -0.39 is 23.7 Å². The normalized spacial score (nSPS) is 12.3. The van der Waals surface area contributed by atoms with Crippen LogP contribution in [0.3, 0.4) is 0 Å². The molecule has 6 nitrogen and oxygen atoms in total. The van der Waals surface area contributed by atoms with Crippen molar-refractivity contribution in [3.8, 4) is 0 Å². The van der Waals surface area contributed by atoms with Gasteiger partial charge in [-0.25, -0.2) is 9.59 Å². The molecule has 1 rings (SSSR count). The molecular weight excluding hydrogens is 343 g/mol. The second-order valence-electron chi connectivity index (χ2n) is 5.73. The van der Waals surface area contributed by atoms with Crippen LogP contribution in [0.2, 0.25) is 10.0 Å². The predicted octanol–water partition coefficient (Wildman–Crippen LogP) is 3.47. The van der Waals surface area contributed by atoms with Gasteiger partial charge in [0, 0.05) is 5.69 Å². The average Bonchev–Trinajstić information content (AvgIpc) is 2.44. The van der Waals surface area contributed by atoms with E-state index in [0.717, 1.165) is 0 Å². The maximum absolute atomic E-state index is 11.8. The topological polar surface area (TPSA) is 76.7 Å². The molecule has 2 N–H and O–H groups in total. The number of nitrogens with one attached hydrogen (secondary N) is 2. The van der Waals surface area contributed by atoms with Crippen molar-refractivity contribution in [3.05, 3.63) is 28.2 Å². The van der Waals surface area contributed by atoms with Crippen LogP contribution in [0.15, 0.2) is 18.2 Å². The van der Waals surface area contributed by atoms with Crippen LogP contribution < -0.4 is 10.6 Å². The van der Waals surface area contributed by atoms with Crippen molar-refractivity contribution >= 4 is 41.0 Å². The summed E-state index contributed by atoms with van der Waals surface area (Å²) < 4.78 is 9.84. The summed E-state index contributed by atoms with van der Waals surface area (Å²) in [5.41, 5.74) is -0.0529. The number of esters is 1. The highest BCUT2D eigenvalue weighted by atomic mass is 35.5. The van der Waals surface area contributed by atoms with Crippen molar-refractivity contribution in [1.29, 1.82) is 0 Å². The highest BCUT2D eigenvalue weighted by molar-refractivity contribution is 6.42. The monoisotopic (exact) mass is 362 g/mol. The predicted molar refractivity (Wildman–Crippen MR) is 90.1 cm³/mol. The average molecular weight is 363 g/mol. The Hall–Kier alpha value is -1.66. The molecule has 1 aromatic rings. The fourth-order valence-corrected chi connectivity index (χ4v) is 1.92. The summed E-state index contributed by atoms with van der Waals surface area (Å²) in [4.78, 5) is 23.5. The SMILES string of the molecule is COC(=O)[C@H](CNC(=O)OC(C)(C)C)Nc1ccc(Cl)c(Cl)c1. The van der Waals surface area contributed by atoms with Crippen LogP contribution in [-0.2, 0) is 14.3 Å². The van der Waals surface area contributed by atoms with Crippen LogP contribution in [-0.4, -0.2) is 37.4 Å². The molecule has 8 heteroatoms. The Labute approximate surface area is 145 Å². The summed E-state index contributed by atoms with van der Waals surface area (Å²) in [7, 11) is 1.26. The number of anilines is 1. The molecule has 0 unspecified atom stereocenters. The molecule has 0 aliphatic heterocycles. The summed E-state index contributed by atoms with van der Waals surface area (Å²) in [5, 5.41) is 6.19. The molecule has 0 heterocycles. The lowest BCUT2D eigenvalue weighted by Crippen LogP contribution is -2.43. The highest BCUT2D eigenvalue weighted by Crippen LogP contribution is 2.25. The van der Waals surface area contributed by atoms with Gasteiger partial charge in [-0.1, -0.05) is 23.2 Å². The Balaban J connectivity index is 2.71. The van der Waals surface area contributed by atoms with Crippen LogP contribution in [0.1, 0.15) is 20.8 Å². The first kappa shape index (κ1) is 19.4. The van der Waals surface area contributed by atoms with E-state index in [-0.39, 0.29) is 6.54 Å². The molecule has 23 heavy (non-hydrogen) atoms. The van der Waals surface area contributed by atoms with Gasteiger partial charge in [-0.05, 0) is 39.0 Å². The summed E-state index contributed by atoms with van der Waals surface area (Å²) in [5.74, 6) is -0.535. The molecule has 0 aromatic heterocycles. The molecule has 0 radical (unpaired) electrons. The minimum atomic E-state index is -0.801. The molecule has 0 saturated carbocycles. The van der Waals surface area contributed by atoms with Gasteiger partial charge in [-0.2, -0.15) is 0 Å². The molecule has 0 spiro atoms. The first-order chi connectivity index (χ1) is 10.6. The van der Waals surface area contributed by atoms with Gasteiger partial charge in [-0.15, -0.1) is 0 Å². The fraction of sp³-hybridized carbons (Fsp3) is 0.467. The van der Waals surface area contributed by atoms with Gasteiger partial charge in [0.1, 0.15) is 11.6 Å². The molecule has 0 aliphatic rings. The number of hydrogen-bond acceptors (Lipinski definition) is 5. The van der Waals surface area contributed by atoms with Crippen molar-refractivity contribution in [2.75, 3.05) is 19.0 Å². The van der Waals surface area contributed by atoms with Crippen molar-refractivity contribution < 1.29 is 19.1 Å². The van der Waals surface area contributed by atoms with E-state index in [9.17, 15) is 9.59 Å². The quantitative estimate of drug-likeness (QED) is 0.784. The van der Waals surface area contributed by atoms with E-state index in [1.807, 2.05) is 0 Å². The fourth-order valence-electron chi connectivity index (χ4n) is 1.62. The largest absolute Gasteiger partial charge is 0.467 e. The van der Waals surface area contributed by atoms with E-state index in [4.69, 9.17) is 32.7 Å². The van der Waals surface area contributed by atoms with Gasteiger partial charge in [0.25, 0.3) is 0 Å². The minimum Gasteiger partial charge on any atom is -0.467 e. The van der Waals surface area contributed by atoms with Gasteiger partial charge >= 0.3 is 12.1 Å². The second-order valence-corrected chi connectivity index (χ2v) is 6.55. The zero-order valence-electron chi connectivity index (χ0n) is 13.4. The van der Waals surface area contributed by atoms with E-state index >= 15 is 0 Å². The smallest absolute Gasteiger partial charge is 0.407 e.